The van der Waals surface area contributed by atoms with E-state index in [2.05, 4.69) is 12.2 Å². The first-order valence-corrected chi connectivity index (χ1v) is 9.55. The van der Waals surface area contributed by atoms with Crippen molar-refractivity contribution in [2.75, 3.05) is 12.3 Å². The summed E-state index contributed by atoms with van der Waals surface area (Å²) in [4.78, 5) is 0. The Morgan fingerprint density at radius 1 is 1.21 bits per heavy atom. The largest absolute Gasteiger partial charge is 0.314 e. The minimum Gasteiger partial charge on any atom is -0.314 e. The molecule has 19 heavy (non-hydrogen) atoms. The van der Waals surface area contributed by atoms with Crippen LogP contribution in [0.5, 0.6) is 0 Å². The fourth-order valence-corrected chi connectivity index (χ4v) is 4.73. The molecule has 0 aromatic heterocycles. The number of nitrogens with one attached hydrogen (secondary N) is 1. The highest BCUT2D eigenvalue weighted by atomic mass is 32.2. The molecular formula is C15H31NO2S. The van der Waals surface area contributed by atoms with Crippen molar-refractivity contribution in [2.45, 2.75) is 71.1 Å². The van der Waals surface area contributed by atoms with Gasteiger partial charge >= 0.3 is 0 Å². The maximum atomic E-state index is 12.2. The summed E-state index contributed by atoms with van der Waals surface area (Å²) >= 11 is 0. The summed E-state index contributed by atoms with van der Waals surface area (Å²) < 4.78 is 24.5. The lowest BCUT2D eigenvalue weighted by atomic mass is 10.0. The molecule has 0 heterocycles. The van der Waals surface area contributed by atoms with Crippen LogP contribution < -0.4 is 5.32 Å². The van der Waals surface area contributed by atoms with Gasteiger partial charge in [0.25, 0.3) is 0 Å². The van der Waals surface area contributed by atoms with Crippen molar-refractivity contribution in [3.63, 3.8) is 0 Å². The molecule has 0 saturated heterocycles. The first-order valence-electron chi connectivity index (χ1n) is 7.83. The van der Waals surface area contributed by atoms with E-state index in [-0.39, 0.29) is 11.2 Å². The highest BCUT2D eigenvalue weighted by Gasteiger charge is 2.30. The lowest BCUT2D eigenvalue weighted by Crippen LogP contribution is -2.35. The van der Waals surface area contributed by atoms with Gasteiger partial charge in [-0.15, -0.1) is 0 Å². The quantitative estimate of drug-likeness (QED) is 0.747. The van der Waals surface area contributed by atoms with Gasteiger partial charge in [0.05, 0.1) is 11.0 Å². The average Bonchev–Trinajstić information content (AvgIpc) is 2.80. The first kappa shape index (κ1) is 17.0. The minimum absolute atomic E-state index is 0.211. The highest BCUT2D eigenvalue weighted by Crippen LogP contribution is 2.29. The summed E-state index contributed by atoms with van der Waals surface area (Å²) in [5.74, 6) is 1.13. The van der Waals surface area contributed by atoms with E-state index >= 15 is 0 Å². The van der Waals surface area contributed by atoms with E-state index in [0.717, 1.165) is 19.4 Å². The molecule has 0 bridgehead atoms. The third-order valence-corrected chi connectivity index (χ3v) is 7.08. The van der Waals surface area contributed by atoms with Crippen molar-refractivity contribution in [3.8, 4) is 0 Å². The number of hydrogen-bond donors (Lipinski definition) is 1. The number of rotatable bonds is 8. The van der Waals surface area contributed by atoms with E-state index in [9.17, 15) is 8.42 Å². The van der Waals surface area contributed by atoms with E-state index in [0.29, 0.717) is 17.7 Å². The van der Waals surface area contributed by atoms with Crippen molar-refractivity contribution < 1.29 is 8.42 Å². The maximum absolute atomic E-state index is 12.2. The van der Waals surface area contributed by atoms with Crippen LogP contribution in [-0.4, -0.2) is 32.0 Å². The molecule has 0 amide bonds. The molecule has 0 aromatic carbocycles. The Morgan fingerprint density at radius 2 is 1.89 bits per heavy atom. The predicted molar refractivity (Wildman–Crippen MR) is 82.1 cm³/mol. The van der Waals surface area contributed by atoms with Gasteiger partial charge in [0.1, 0.15) is 0 Å². The average molecular weight is 289 g/mol. The molecule has 0 radical (unpaired) electrons. The zero-order valence-electron chi connectivity index (χ0n) is 13.0. The second kappa shape index (κ2) is 7.63. The van der Waals surface area contributed by atoms with Gasteiger partial charge in [0.15, 0.2) is 9.84 Å². The molecule has 1 aliphatic carbocycles. The highest BCUT2D eigenvalue weighted by molar-refractivity contribution is 7.92. The van der Waals surface area contributed by atoms with E-state index in [1.807, 2.05) is 20.8 Å². The van der Waals surface area contributed by atoms with E-state index in [1.165, 1.54) is 19.3 Å². The Labute approximate surface area is 119 Å². The Morgan fingerprint density at radius 3 is 2.47 bits per heavy atom. The smallest absolute Gasteiger partial charge is 0.153 e. The van der Waals surface area contributed by atoms with Gasteiger partial charge in [-0.3, -0.25) is 0 Å². The SMILES string of the molecule is CCCNC1CCCC1CCS(=O)(=O)C(C)C(C)C. The van der Waals surface area contributed by atoms with Gasteiger partial charge in [0.2, 0.25) is 0 Å². The Bertz CT molecular complexity index is 351. The van der Waals surface area contributed by atoms with Crippen LogP contribution >= 0.6 is 0 Å². The van der Waals surface area contributed by atoms with Crippen molar-refractivity contribution >= 4 is 9.84 Å². The van der Waals surface area contributed by atoms with Gasteiger partial charge < -0.3 is 5.32 Å². The Balaban J connectivity index is 2.47. The van der Waals surface area contributed by atoms with Crippen LogP contribution in [0, 0.1) is 11.8 Å². The molecule has 1 fully saturated rings. The summed E-state index contributed by atoms with van der Waals surface area (Å²) in [6.07, 6.45) is 5.62. The normalized spacial score (nSPS) is 25.9. The topological polar surface area (TPSA) is 46.2 Å². The van der Waals surface area contributed by atoms with Crippen molar-refractivity contribution in [1.82, 2.24) is 5.32 Å². The van der Waals surface area contributed by atoms with Gasteiger partial charge in [-0.2, -0.15) is 0 Å². The van der Waals surface area contributed by atoms with Crippen LogP contribution in [0.3, 0.4) is 0 Å². The van der Waals surface area contributed by atoms with Crippen molar-refractivity contribution in [2.24, 2.45) is 11.8 Å². The molecular weight excluding hydrogens is 258 g/mol. The number of sulfone groups is 1. The summed E-state index contributed by atoms with van der Waals surface area (Å²) in [7, 11) is -2.92. The molecule has 0 aromatic rings. The second-order valence-electron chi connectivity index (χ2n) is 6.36. The number of hydrogen-bond acceptors (Lipinski definition) is 3. The van der Waals surface area contributed by atoms with E-state index in [1.54, 1.807) is 0 Å². The third-order valence-electron chi connectivity index (χ3n) is 4.59. The fourth-order valence-electron chi connectivity index (χ4n) is 2.90. The van der Waals surface area contributed by atoms with Gasteiger partial charge in [0, 0.05) is 6.04 Å². The van der Waals surface area contributed by atoms with Gasteiger partial charge in [-0.25, -0.2) is 8.42 Å². The molecule has 1 saturated carbocycles. The van der Waals surface area contributed by atoms with Crippen LogP contribution in [0.1, 0.15) is 59.8 Å². The summed E-state index contributed by atoms with van der Waals surface area (Å²) in [5, 5.41) is 3.36. The van der Waals surface area contributed by atoms with Crippen LogP contribution in [0.4, 0.5) is 0 Å². The Hall–Kier alpha value is -0.0900. The summed E-state index contributed by atoms with van der Waals surface area (Å²) in [6, 6.07) is 0.546. The van der Waals surface area contributed by atoms with E-state index in [4.69, 9.17) is 0 Å². The van der Waals surface area contributed by atoms with Crippen molar-refractivity contribution in [1.29, 1.82) is 0 Å². The van der Waals surface area contributed by atoms with Crippen LogP contribution in [-0.2, 0) is 9.84 Å². The monoisotopic (exact) mass is 289 g/mol. The first-order chi connectivity index (χ1) is 8.88. The Kier molecular flexibility index (Phi) is 6.81. The predicted octanol–water partition coefficient (Wildman–Crippen LogP) is 3.00. The fraction of sp³-hybridized carbons (Fsp3) is 1.00. The van der Waals surface area contributed by atoms with Crippen LogP contribution in [0.2, 0.25) is 0 Å². The molecule has 3 atom stereocenters. The molecule has 3 unspecified atom stereocenters. The third kappa shape index (κ3) is 5.07. The summed E-state index contributed by atoms with van der Waals surface area (Å²) in [6.45, 7) is 9.05. The lowest BCUT2D eigenvalue weighted by molar-refractivity contribution is 0.390. The van der Waals surface area contributed by atoms with E-state index < -0.39 is 9.84 Å². The molecule has 1 aliphatic rings. The molecule has 3 nitrogen and oxygen atoms in total. The maximum Gasteiger partial charge on any atom is 0.153 e. The molecule has 4 heteroatoms. The molecule has 0 spiro atoms. The summed E-state index contributed by atoms with van der Waals surface area (Å²) in [5.41, 5.74) is 0. The zero-order chi connectivity index (χ0) is 14.5. The van der Waals surface area contributed by atoms with Gasteiger partial charge in [-0.05, 0) is 51.0 Å². The molecule has 1 N–H and O–H groups in total. The van der Waals surface area contributed by atoms with Crippen LogP contribution in [0.25, 0.3) is 0 Å². The molecule has 0 aliphatic heterocycles. The second-order valence-corrected chi connectivity index (χ2v) is 8.83. The molecule has 114 valence electrons. The van der Waals surface area contributed by atoms with Crippen LogP contribution in [0.15, 0.2) is 0 Å². The minimum atomic E-state index is -2.92. The van der Waals surface area contributed by atoms with Crippen molar-refractivity contribution in [3.05, 3.63) is 0 Å². The molecule has 1 rings (SSSR count). The zero-order valence-corrected chi connectivity index (χ0v) is 13.8. The standard InChI is InChI=1S/C15H31NO2S/c1-5-10-16-15-8-6-7-14(15)9-11-19(17,18)13(4)12(2)3/h12-16H,5-11H2,1-4H3. The lowest BCUT2D eigenvalue weighted by Gasteiger charge is -2.22. The van der Waals surface area contributed by atoms with Gasteiger partial charge in [-0.1, -0.05) is 27.2 Å².